The molecule has 27 heavy (non-hydrogen) atoms. The van der Waals surface area contributed by atoms with E-state index in [1.807, 2.05) is 0 Å². The second-order valence-electron chi connectivity index (χ2n) is 8.00. The van der Waals surface area contributed by atoms with Gasteiger partial charge < -0.3 is 5.32 Å². The number of rotatable bonds is 2. The number of hydrogen-bond acceptors (Lipinski definition) is 2. The number of fused-ring (bicyclic) bond motifs is 1. The van der Waals surface area contributed by atoms with Gasteiger partial charge in [0.1, 0.15) is 0 Å². The van der Waals surface area contributed by atoms with Crippen LogP contribution in [0.3, 0.4) is 0 Å². The Kier molecular flexibility index (Phi) is 5.34. The van der Waals surface area contributed by atoms with Crippen LogP contribution in [0.4, 0.5) is 18.9 Å². The maximum atomic E-state index is 12.9. The summed E-state index contributed by atoms with van der Waals surface area (Å²) in [5, 5.41) is 4.43. The number of nitrogens with one attached hydrogen (secondary N) is 1. The van der Waals surface area contributed by atoms with Crippen LogP contribution in [0.15, 0.2) is 23.6 Å². The van der Waals surface area contributed by atoms with Gasteiger partial charge in [0.05, 0.1) is 21.8 Å². The van der Waals surface area contributed by atoms with Crippen LogP contribution >= 0.6 is 22.9 Å². The molecule has 1 heterocycles. The van der Waals surface area contributed by atoms with E-state index in [1.54, 1.807) is 16.7 Å². The molecule has 0 radical (unpaired) electrons. The molecular formula is C20H21ClF3NOS. The number of thiophene rings is 1. The van der Waals surface area contributed by atoms with Crippen molar-refractivity contribution in [1.82, 2.24) is 0 Å². The lowest BCUT2D eigenvalue weighted by Gasteiger charge is -2.34. The average Bonchev–Trinajstić information content (AvgIpc) is 2.98. The van der Waals surface area contributed by atoms with Gasteiger partial charge in [0.25, 0.3) is 5.91 Å². The van der Waals surface area contributed by atoms with Crippen molar-refractivity contribution in [3.05, 3.63) is 50.2 Å². The number of halogens is 4. The predicted octanol–water partition coefficient (Wildman–Crippen LogP) is 6.82. The lowest BCUT2D eigenvalue weighted by molar-refractivity contribution is -0.137. The number of benzene rings is 1. The van der Waals surface area contributed by atoms with Crippen LogP contribution in [0.2, 0.25) is 5.02 Å². The van der Waals surface area contributed by atoms with Gasteiger partial charge in [-0.1, -0.05) is 32.4 Å². The van der Waals surface area contributed by atoms with E-state index < -0.39 is 17.6 Å². The lowest BCUT2D eigenvalue weighted by Crippen LogP contribution is -2.27. The average molecular weight is 416 g/mol. The molecular weight excluding hydrogens is 395 g/mol. The number of carbonyl (C=O) groups is 1. The summed E-state index contributed by atoms with van der Waals surface area (Å²) in [6.07, 6.45) is -1.76. The van der Waals surface area contributed by atoms with Gasteiger partial charge in [-0.2, -0.15) is 13.2 Å². The monoisotopic (exact) mass is 415 g/mol. The molecule has 2 aromatic rings. The molecule has 1 aliphatic carbocycles. The van der Waals surface area contributed by atoms with Crippen LogP contribution in [-0.2, 0) is 19.0 Å². The highest BCUT2D eigenvalue weighted by molar-refractivity contribution is 7.10. The van der Waals surface area contributed by atoms with E-state index in [0.29, 0.717) is 11.5 Å². The molecule has 0 bridgehead atoms. The lowest BCUT2D eigenvalue weighted by atomic mass is 9.72. The highest BCUT2D eigenvalue weighted by Gasteiger charge is 2.33. The maximum absolute atomic E-state index is 12.9. The largest absolute Gasteiger partial charge is 0.416 e. The van der Waals surface area contributed by atoms with Crippen molar-refractivity contribution in [3.63, 3.8) is 0 Å². The number of hydrogen-bond donors (Lipinski definition) is 1. The summed E-state index contributed by atoms with van der Waals surface area (Å²) in [6.45, 7) is 6.67. The molecule has 0 spiro atoms. The molecule has 1 N–H and O–H groups in total. The summed E-state index contributed by atoms with van der Waals surface area (Å²) in [7, 11) is 0. The van der Waals surface area contributed by atoms with Crippen molar-refractivity contribution in [2.75, 3.05) is 5.32 Å². The minimum absolute atomic E-state index is 0.0279. The molecule has 7 heteroatoms. The third-order valence-electron chi connectivity index (χ3n) is 5.17. The summed E-state index contributed by atoms with van der Waals surface area (Å²) >= 11 is 7.53. The molecule has 0 fully saturated rings. The quantitative estimate of drug-likeness (QED) is 0.572. The Morgan fingerprint density at radius 1 is 1.26 bits per heavy atom. The van der Waals surface area contributed by atoms with Gasteiger partial charge in [0.2, 0.25) is 0 Å². The van der Waals surface area contributed by atoms with Gasteiger partial charge >= 0.3 is 6.18 Å². The molecule has 3 rings (SSSR count). The maximum Gasteiger partial charge on any atom is 0.416 e. The Hall–Kier alpha value is -1.53. The molecule has 1 unspecified atom stereocenters. The second kappa shape index (κ2) is 7.13. The van der Waals surface area contributed by atoms with Crippen molar-refractivity contribution < 1.29 is 18.0 Å². The fraction of sp³-hybridized carbons (Fsp3) is 0.450. The first-order valence-electron chi connectivity index (χ1n) is 8.74. The summed E-state index contributed by atoms with van der Waals surface area (Å²) < 4.78 is 38.7. The third kappa shape index (κ3) is 4.32. The number of amides is 1. The van der Waals surface area contributed by atoms with Crippen molar-refractivity contribution in [2.24, 2.45) is 11.3 Å². The Morgan fingerprint density at radius 2 is 1.96 bits per heavy atom. The van der Waals surface area contributed by atoms with Crippen molar-refractivity contribution in [3.8, 4) is 0 Å². The molecule has 1 aromatic carbocycles. The minimum atomic E-state index is -4.49. The van der Waals surface area contributed by atoms with Gasteiger partial charge in [-0.25, -0.2) is 0 Å². The van der Waals surface area contributed by atoms with Crippen LogP contribution in [0.5, 0.6) is 0 Å². The van der Waals surface area contributed by atoms with E-state index >= 15 is 0 Å². The van der Waals surface area contributed by atoms with Gasteiger partial charge in [-0.15, -0.1) is 11.3 Å². The standard InChI is InChI=1S/C20H21ClF3NOS/c1-19(2,3)11-4-6-13-14(10-27-17(13)9-11)18(26)25-16-8-12(20(22,23)24)5-7-15(16)21/h5,7-8,10-11H,4,6,9H2,1-3H3,(H,25,26). The molecule has 0 aliphatic heterocycles. The van der Waals surface area contributed by atoms with Gasteiger partial charge in [0, 0.05) is 10.3 Å². The Bertz CT molecular complexity index is 867. The first kappa shape index (κ1) is 20.2. The number of carbonyl (C=O) groups excluding carboxylic acids is 1. The van der Waals surface area contributed by atoms with Crippen molar-refractivity contribution in [1.29, 1.82) is 0 Å². The molecule has 1 aliphatic rings. The highest BCUT2D eigenvalue weighted by Crippen LogP contribution is 2.41. The van der Waals surface area contributed by atoms with Crippen molar-refractivity contribution >= 4 is 34.5 Å². The molecule has 0 saturated heterocycles. The molecule has 1 aromatic heterocycles. The van der Waals surface area contributed by atoms with Gasteiger partial charge in [-0.05, 0) is 54.4 Å². The number of anilines is 1. The van der Waals surface area contributed by atoms with Gasteiger partial charge in [0.15, 0.2) is 0 Å². The first-order valence-corrected chi connectivity index (χ1v) is 10.00. The summed E-state index contributed by atoms with van der Waals surface area (Å²) in [5.41, 5.74) is 0.884. The van der Waals surface area contributed by atoms with Crippen LogP contribution < -0.4 is 5.32 Å². The molecule has 1 atom stereocenters. The van der Waals surface area contributed by atoms with Crippen LogP contribution in [-0.4, -0.2) is 5.91 Å². The summed E-state index contributed by atoms with van der Waals surface area (Å²) in [5.74, 6) is 0.139. The summed E-state index contributed by atoms with van der Waals surface area (Å²) in [6, 6.07) is 2.92. The van der Waals surface area contributed by atoms with Crippen molar-refractivity contribution in [2.45, 2.75) is 46.2 Å². The van der Waals surface area contributed by atoms with E-state index in [-0.39, 0.29) is 16.1 Å². The predicted molar refractivity (Wildman–Crippen MR) is 104 cm³/mol. The fourth-order valence-corrected chi connectivity index (χ4v) is 4.76. The zero-order chi connectivity index (χ0) is 20.0. The second-order valence-corrected chi connectivity index (χ2v) is 9.37. The van der Waals surface area contributed by atoms with Crippen LogP contribution in [0.1, 0.15) is 53.6 Å². The van der Waals surface area contributed by atoms with E-state index in [4.69, 9.17) is 11.6 Å². The first-order chi connectivity index (χ1) is 12.5. The Balaban J connectivity index is 1.82. The van der Waals surface area contributed by atoms with E-state index in [9.17, 15) is 18.0 Å². The Labute approximate surface area is 165 Å². The molecule has 146 valence electrons. The third-order valence-corrected chi connectivity index (χ3v) is 6.55. The van der Waals surface area contributed by atoms with Gasteiger partial charge in [-0.3, -0.25) is 4.79 Å². The zero-order valence-electron chi connectivity index (χ0n) is 15.3. The van der Waals surface area contributed by atoms with E-state index in [2.05, 4.69) is 26.1 Å². The van der Waals surface area contributed by atoms with Crippen LogP contribution in [0.25, 0.3) is 0 Å². The zero-order valence-corrected chi connectivity index (χ0v) is 16.9. The van der Waals surface area contributed by atoms with Crippen LogP contribution in [0, 0.1) is 11.3 Å². The minimum Gasteiger partial charge on any atom is -0.321 e. The molecule has 2 nitrogen and oxygen atoms in total. The SMILES string of the molecule is CC(C)(C)C1CCc2c(C(=O)Nc3cc(C(F)(F)F)ccc3Cl)csc2C1. The smallest absolute Gasteiger partial charge is 0.321 e. The summed E-state index contributed by atoms with van der Waals surface area (Å²) in [4.78, 5) is 13.9. The Morgan fingerprint density at radius 3 is 2.59 bits per heavy atom. The normalized spacial score (nSPS) is 17.5. The highest BCUT2D eigenvalue weighted by atomic mass is 35.5. The fourth-order valence-electron chi connectivity index (χ4n) is 3.43. The molecule has 0 saturated carbocycles. The molecule has 1 amide bonds. The topological polar surface area (TPSA) is 29.1 Å². The van der Waals surface area contributed by atoms with E-state index in [1.165, 1.54) is 4.88 Å². The van der Waals surface area contributed by atoms with E-state index in [0.717, 1.165) is 43.0 Å². The number of alkyl halides is 3.